The summed E-state index contributed by atoms with van der Waals surface area (Å²) < 4.78 is 5.54. The minimum atomic E-state index is -1.14. The van der Waals surface area contributed by atoms with Gasteiger partial charge >= 0.3 is 5.97 Å². The smallest absolute Gasteiger partial charge is 0.323 e. The number of nitrogens with one attached hydrogen (secondary N) is 1. The van der Waals surface area contributed by atoms with Crippen molar-refractivity contribution in [2.24, 2.45) is 0 Å². The molecule has 0 bridgehead atoms. The van der Waals surface area contributed by atoms with Crippen LogP contribution in [0.1, 0.15) is 27.0 Å². The summed E-state index contributed by atoms with van der Waals surface area (Å²) in [5.74, 6) is -1.02. The topological polar surface area (TPSA) is 126 Å². The maximum Gasteiger partial charge on any atom is 0.323 e. The summed E-state index contributed by atoms with van der Waals surface area (Å²) in [6.45, 7) is 1.63. The molecule has 0 radical (unpaired) electrons. The number of carbonyl (C=O) groups is 3. The molecule has 0 aliphatic rings. The number of aryl methyl sites for hydroxylation is 1. The fourth-order valence-corrected chi connectivity index (χ4v) is 5.35. The molecule has 0 fully saturated rings. The van der Waals surface area contributed by atoms with Gasteiger partial charge in [-0.2, -0.15) is 4.98 Å². The van der Waals surface area contributed by atoms with Crippen molar-refractivity contribution in [2.75, 3.05) is 11.9 Å². The number of benzene rings is 5. The van der Waals surface area contributed by atoms with Crippen LogP contribution in [0.2, 0.25) is 5.02 Å². The molecule has 0 aliphatic heterocycles. The van der Waals surface area contributed by atoms with Gasteiger partial charge in [0.05, 0.1) is 6.42 Å². The molecule has 10 heteroatoms. The number of carbonyl (C=O) groups excluding carboxylic acids is 2. The minimum absolute atomic E-state index is 0.0653. The lowest BCUT2D eigenvalue weighted by Gasteiger charge is -2.21. The molecule has 0 saturated carbocycles. The fraction of sp³-hybridized carbons (Fsp3) is 0.103. The van der Waals surface area contributed by atoms with Crippen molar-refractivity contribution in [1.82, 2.24) is 15.0 Å². The number of halogens is 1. The number of carboxylic acid groups (broad SMARTS) is 1. The maximum absolute atomic E-state index is 13.4. The molecular formula is C39H31ClN4O5. The Bertz CT molecular complexity index is 2080. The van der Waals surface area contributed by atoms with Crippen molar-refractivity contribution in [2.45, 2.75) is 19.9 Å². The van der Waals surface area contributed by atoms with Gasteiger partial charge in [-0.05, 0) is 77.7 Å². The molecule has 6 rings (SSSR count). The number of hydrogen-bond donors (Lipinski definition) is 2. The average Bonchev–Trinajstić information content (AvgIpc) is 3.60. The van der Waals surface area contributed by atoms with E-state index in [-0.39, 0.29) is 18.9 Å². The van der Waals surface area contributed by atoms with E-state index in [0.717, 1.165) is 27.8 Å². The Morgan fingerprint density at radius 3 is 1.94 bits per heavy atom. The number of carboxylic acids is 1. The van der Waals surface area contributed by atoms with E-state index in [9.17, 15) is 19.5 Å². The van der Waals surface area contributed by atoms with Crippen molar-refractivity contribution >= 4 is 35.1 Å². The van der Waals surface area contributed by atoms with E-state index in [1.165, 1.54) is 10.5 Å². The van der Waals surface area contributed by atoms with Crippen molar-refractivity contribution < 1.29 is 24.0 Å². The highest BCUT2D eigenvalue weighted by atomic mass is 35.5. The Hall–Kier alpha value is -6.06. The third-order valence-corrected chi connectivity index (χ3v) is 8.09. The highest BCUT2D eigenvalue weighted by Gasteiger charge is 2.20. The highest BCUT2D eigenvalue weighted by Crippen LogP contribution is 2.27. The van der Waals surface area contributed by atoms with Gasteiger partial charge in [-0.25, -0.2) is 0 Å². The summed E-state index contributed by atoms with van der Waals surface area (Å²) >= 11 is 5.91. The van der Waals surface area contributed by atoms with E-state index < -0.39 is 18.4 Å². The van der Waals surface area contributed by atoms with E-state index in [1.807, 2.05) is 24.3 Å². The Kier molecular flexibility index (Phi) is 9.92. The van der Waals surface area contributed by atoms with Gasteiger partial charge in [0.2, 0.25) is 11.7 Å². The van der Waals surface area contributed by atoms with Gasteiger partial charge in [0, 0.05) is 33.9 Å². The maximum atomic E-state index is 13.4. The highest BCUT2D eigenvalue weighted by molar-refractivity contribution is 6.30. The molecule has 5 aromatic carbocycles. The van der Waals surface area contributed by atoms with Gasteiger partial charge in [-0.1, -0.05) is 95.1 Å². The summed E-state index contributed by atoms with van der Waals surface area (Å²) in [5, 5.41) is 17.1. The van der Waals surface area contributed by atoms with E-state index in [1.54, 1.807) is 72.8 Å². The van der Waals surface area contributed by atoms with E-state index in [0.29, 0.717) is 33.6 Å². The molecule has 2 N–H and O–H groups in total. The first-order chi connectivity index (χ1) is 23.7. The van der Waals surface area contributed by atoms with Crippen LogP contribution in [0, 0.1) is 6.92 Å². The molecular weight excluding hydrogens is 640 g/mol. The van der Waals surface area contributed by atoms with Crippen LogP contribution in [-0.4, -0.2) is 44.5 Å². The van der Waals surface area contributed by atoms with Crippen LogP contribution in [0.25, 0.3) is 34.0 Å². The first-order valence-electron chi connectivity index (χ1n) is 15.5. The Morgan fingerprint density at radius 1 is 0.735 bits per heavy atom. The quantitative estimate of drug-likeness (QED) is 0.143. The van der Waals surface area contributed by atoms with Gasteiger partial charge in [-0.15, -0.1) is 0 Å². The molecule has 1 aromatic heterocycles. The molecule has 6 aromatic rings. The van der Waals surface area contributed by atoms with Crippen LogP contribution in [0.4, 0.5) is 5.69 Å². The summed E-state index contributed by atoms with van der Waals surface area (Å²) in [7, 11) is 0. The normalized spacial score (nSPS) is 10.8. The van der Waals surface area contributed by atoms with Gasteiger partial charge in [0.1, 0.15) is 6.54 Å². The number of aliphatic carboxylic acids is 1. The Morgan fingerprint density at radius 2 is 1.31 bits per heavy atom. The second-order valence-electron chi connectivity index (χ2n) is 11.5. The largest absolute Gasteiger partial charge is 0.480 e. The third kappa shape index (κ3) is 8.46. The fourth-order valence-electron chi connectivity index (χ4n) is 5.22. The first kappa shape index (κ1) is 32.9. The predicted molar refractivity (Wildman–Crippen MR) is 188 cm³/mol. The van der Waals surface area contributed by atoms with Crippen LogP contribution in [-0.2, 0) is 22.6 Å². The number of rotatable bonds is 11. The predicted octanol–water partition coefficient (Wildman–Crippen LogP) is 7.94. The van der Waals surface area contributed by atoms with E-state index >= 15 is 0 Å². The number of aromatic nitrogens is 2. The molecule has 0 saturated heterocycles. The van der Waals surface area contributed by atoms with Gasteiger partial charge in [-0.3, -0.25) is 14.4 Å². The van der Waals surface area contributed by atoms with E-state index in [2.05, 4.69) is 46.6 Å². The Balaban J connectivity index is 1.08. The van der Waals surface area contributed by atoms with Crippen molar-refractivity contribution in [1.29, 1.82) is 0 Å². The molecule has 9 nitrogen and oxygen atoms in total. The zero-order valence-electron chi connectivity index (χ0n) is 26.5. The molecule has 0 spiro atoms. The lowest BCUT2D eigenvalue weighted by molar-refractivity contribution is -0.137. The molecule has 244 valence electrons. The lowest BCUT2D eigenvalue weighted by atomic mass is 10.0. The van der Waals surface area contributed by atoms with Gasteiger partial charge < -0.3 is 19.8 Å². The molecule has 0 atom stereocenters. The SMILES string of the molecule is Cc1ccc(-c2ccc(-c3nc(-c4ccc(CN(CC(=O)O)C(=O)c5ccc(NC(=O)Cc6ccc(Cl)cc6)cc5)cc4)no3)cc2)cc1. The molecule has 49 heavy (non-hydrogen) atoms. The van der Waals surface area contributed by atoms with E-state index in [4.69, 9.17) is 16.1 Å². The zero-order chi connectivity index (χ0) is 34.3. The Labute approximate surface area is 287 Å². The van der Waals surface area contributed by atoms with Crippen molar-refractivity contribution in [3.05, 3.63) is 149 Å². The number of hydrogen-bond acceptors (Lipinski definition) is 6. The molecule has 0 unspecified atom stereocenters. The third-order valence-electron chi connectivity index (χ3n) is 7.84. The van der Waals surface area contributed by atoms with Gasteiger partial charge in [0.15, 0.2) is 0 Å². The summed E-state index contributed by atoms with van der Waals surface area (Å²) in [6, 6.07) is 36.8. The monoisotopic (exact) mass is 670 g/mol. The van der Waals surface area contributed by atoms with Crippen LogP contribution < -0.4 is 5.32 Å². The summed E-state index contributed by atoms with van der Waals surface area (Å²) in [5.41, 5.74) is 7.25. The van der Waals surface area contributed by atoms with Crippen molar-refractivity contribution in [3.8, 4) is 34.0 Å². The molecule has 0 aliphatic carbocycles. The standard InChI is InChI=1S/C39H31ClN4O5/c1-25-2-8-28(9-3-25)29-12-14-31(15-13-29)38-42-37(43-49-38)30-10-4-27(5-11-30)23-44(24-36(46)47)39(48)32-16-20-34(21-17-32)41-35(45)22-26-6-18-33(40)19-7-26/h2-21H,22-24H2,1H3,(H,41,45)(H,46,47). The van der Waals surface area contributed by atoms with Crippen LogP contribution in [0.5, 0.6) is 0 Å². The molecule has 1 heterocycles. The summed E-state index contributed by atoms with van der Waals surface area (Å²) in [4.78, 5) is 43.3. The number of anilines is 1. The zero-order valence-corrected chi connectivity index (χ0v) is 27.2. The van der Waals surface area contributed by atoms with Gasteiger partial charge in [0.25, 0.3) is 11.8 Å². The second kappa shape index (κ2) is 14.8. The van der Waals surface area contributed by atoms with Crippen molar-refractivity contribution in [3.63, 3.8) is 0 Å². The van der Waals surface area contributed by atoms with Crippen LogP contribution in [0.15, 0.2) is 126 Å². The first-order valence-corrected chi connectivity index (χ1v) is 15.8. The van der Waals surface area contributed by atoms with Crippen LogP contribution in [0.3, 0.4) is 0 Å². The number of nitrogens with zero attached hydrogens (tertiary/aromatic N) is 3. The van der Waals surface area contributed by atoms with Crippen LogP contribution >= 0.6 is 11.6 Å². The molecule has 2 amide bonds. The minimum Gasteiger partial charge on any atom is -0.480 e. The average molecular weight is 671 g/mol. The number of amides is 2. The summed E-state index contributed by atoms with van der Waals surface area (Å²) in [6.07, 6.45) is 0.166. The lowest BCUT2D eigenvalue weighted by Crippen LogP contribution is -2.35. The second-order valence-corrected chi connectivity index (χ2v) is 12.0.